The van der Waals surface area contributed by atoms with Crippen molar-refractivity contribution < 1.29 is 14.4 Å². The van der Waals surface area contributed by atoms with Crippen molar-refractivity contribution in [1.29, 1.82) is 0 Å². The third-order valence-corrected chi connectivity index (χ3v) is 7.02. The Balaban J connectivity index is 1.79. The number of imide groups is 2. The van der Waals surface area contributed by atoms with E-state index in [1.165, 1.54) is 6.08 Å². The van der Waals surface area contributed by atoms with Gasteiger partial charge in [-0.25, -0.2) is 9.69 Å². The van der Waals surface area contributed by atoms with Gasteiger partial charge in [-0.3, -0.25) is 14.9 Å². The maximum Gasteiger partial charge on any atom is 0.335 e. The highest BCUT2D eigenvalue weighted by Gasteiger charge is 2.37. The Hall–Kier alpha value is -3.38. The summed E-state index contributed by atoms with van der Waals surface area (Å²) in [5.41, 5.74) is 5.73. The number of hydrogen-bond donors (Lipinski definition) is 1. The number of carbonyl (C=O) groups excluding carboxylic acids is 3. The van der Waals surface area contributed by atoms with Crippen LogP contribution >= 0.6 is 11.6 Å². The molecule has 1 N–H and O–H groups in total. The molecule has 2 aromatic carbocycles. The highest BCUT2D eigenvalue weighted by molar-refractivity contribution is 6.40. The lowest BCUT2D eigenvalue weighted by atomic mass is 9.87. The predicted octanol–water partition coefficient (Wildman–Crippen LogP) is 6.04. The topological polar surface area (TPSA) is 69.7 Å². The van der Waals surface area contributed by atoms with E-state index in [0.717, 1.165) is 45.8 Å². The van der Waals surface area contributed by atoms with E-state index in [9.17, 15) is 14.4 Å². The van der Waals surface area contributed by atoms with E-state index in [0.29, 0.717) is 16.3 Å². The molecule has 2 aromatic rings. The zero-order valence-corrected chi connectivity index (χ0v) is 21.7. The maximum absolute atomic E-state index is 13.3. The summed E-state index contributed by atoms with van der Waals surface area (Å²) < 4.78 is 0. The van der Waals surface area contributed by atoms with Gasteiger partial charge in [0.1, 0.15) is 5.57 Å². The lowest BCUT2D eigenvalue weighted by Crippen LogP contribution is -2.54. The molecule has 182 valence electrons. The molecule has 0 aromatic heterocycles. The zero-order chi connectivity index (χ0) is 25.7. The van der Waals surface area contributed by atoms with Crippen LogP contribution in [0.1, 0.15) is 56.4 Å². The monoisotopic (exact) mass is 491 g/mol. The van der Waals surface area contributed by atoms with E-state index in [1.807, 2.05) is 39.0 Å². The fourth-order valence-electron chi connectivity index (χ4n) is 4.77. The third kappa shape index (κ3) is 4.39. The van der Waals surface area contributed by atoms with Crippen molar-refractivity contribution in [1.82, 2.24) is 5.32 Å². The number of anilines is 2. The lowest BCUT2D eigenvalue weighted by molar-refractivity contribution is -0.122. The van der Waals surface area contributed by atoms with E-state index in [-0.39, 0.29) is 11.1 Å². The Morgan fingerprint density at radius 3 is 2.40 bits per heavy atom. The van der Waals surface area contributed by atoms with Crippen LogP contribution in [0.3, 0.4) is 0 Å². The second kappa shape index (κ2) is 9.00. The Morgan fingerprint density at radius 1 is 1.03 bits per heavy atom. The standard InChI is InChI=1S/C28H30ClN3O3/c1-7-10-31-24-14-23(29)19(12-21(24)18(4)15-28(31,5)6)13-22-25(33)30-27(35)32(26(22)34)20-9-8-16(2)17(3)11-20/h8-9,11-15H,7,10H2,1-6H3,(H,30,33,35)/b22-13-. The van der Waals surface area contributed by atoms with Crippen molar-refractivity contribution in [2.45, 2.75) is 53.5 Å². The summed E-state index contributed by atoms with van der Waals surface area (Å²) in [6, 6.07) is 8.32. The van der Waals surface area contributed by atoms with Gasteiger partial charge in [0, 0.05) is 22.8 Å². The molecule has 1 saturated heterocycles. The minimum absolute atomic E-state index is 0.145. The van der Waals surface area contributed by atoms with Crippen LogP contribution in [0.5, 0.6) is 0 Å². The average Bonchev–Trinajstić information content (AvgIpc) is 2.76. The first-order valence-electron chi connectivity index (χ1n) is 11.7. The number of carbonyl (C=O) groups is 3. The molecule has 4 rings (SSSR count). The average molecular weight is 492 g/mol. The van der Waals surface area contributed by atoms with Crippen molar-refractivity contribution in [3.63, 3.8) is 0 Å². The van der Waals surface area contributed by atoms with Gasteiger partial charge < -0.3 is 4.90 Å². The summed E-state index contributed by atoms with van der Waals surface area (Å²) in [7, 11) is 0. The fraction of sp³-hybridized carbons (Fsp3) is 0.321. The van der Waals surface area contributed by atoms with Gasteiger partial charge >= 0.3 is 6.03 Å². The summed E-state index contributed by atoms with van der Waals surface area (Å²) >= 11 is 6.69. The van der Waals surface area contributed by atoms with Gasteiger partial charge in [-0.1, -0.05) is 30.7 Å². The second-order valence-corrected chi connectivity index (χ2v) is 10.2. The first-order chi connectivity index (χ1) is 16.4. The van der Waals surface area contributed by atoms with Crippen molar-refractivity contribution in [3.8, 4) is 0 Å². The first kappa shape index (κ1) is 24.7. The summed E-state index contributed by atoms with van der Waals surface area (Å²) in [6.45, 7) is 13.2. The molecular weight excluding hydrogens is 462 g/mol. The highest BCUT2D eigenvalue weighted by Crippen LogP contribution is 2.42. The Bertz CT molecular complexity index is 1320. The smallest absolute Gasteiger partial charge is 0.335 e. The van der Waals surface area contributed by atoms with Gasteiger partial charge in [0.05, 0.1) is 11.2 Å². The van der Waals surface area contributed by atoms with Crippen molar-refractivity contribution in [3.05, 3.63) is 69.3 Å². The minimum Gasteiger partial charge on any atom is -0.362 e. The molecule has 7 heteroatoms. The maximum atomic E-state index is 13.3. The number of hydrogen-bond acceptors (Lipinski definition) is 4. The van der Waals surface area contributed by atoms with Gasteiger partial charge in [0.25, 0.3) is 11.8 Å². The van der Waals surface area contributed by atoms with E-state index in [2.05, 4.69) is 37.1 Å². The normalized spacial score (nSPS) is 18.5. The van der Waals surface area contributed by atoms with E-state index < -0.39 is 17.8 Å². The van der Waals surface area contributed by atoms with Crippen LogP contribution in [0.2, 0.25) is 5.02 Å². The minimum atomic E-state index is -0.770. The number of rotatable bonds is 4. The van der Waals surface area contributed by atoms with Crippen molar-refractivity contribution >= 4 is 52.5 Å². The Kier molecular flexibility index (Phi) is 6.36. The van der Waals surface area contributed by atoms with Crippen molar-refractivity contribution in [2.24, 2.45) is 0 Å². The molecule has 0 radical (unpaired) electrons. The number of halogens is 1. The van der Waals surface area contributed by atoms with E-state index in [1.54, 1.807) is 12.1 Å². The largest absolute Gasteiger partial charge is 0.362 e. The number of barbiturate groups is 1. The molecule has 0 unspecified atom stereocenters. The van der Waals surface area contributed by atoms with Crippen LogP contribution in [-0.2, 0) is 9.59 Å². The Morgan fingerprint density at radius 2 is 1.74 bits per heavy atom. The molecule has 0 spiro atoms. The summed E-state index contributed by atoms with van der Waals surface area (Å²) in [5.74, 6) is -1.42. The number of benzene rings is 2. The van der Waals surface area contributed by atoms with Crippen LogP contribution in [-0.4, -0.2) is 29.9 Å². The van der Waals surface area contributed by atoms with Gasteiger partial charge in [0.2, 0.25) is 0 Å². The van der Waals surface area contributed by atoms with Crippen LogP contribution < -0.4 is 15.1 Å². The van der Waals surface area contributed by atoms with Gasteiger partial charge in [-0.15, -0.1) is 0 Å². The number of nitrogens with one attached hydrogen (secondary N) is 1. The predicted molar refractivity (Wildman–Crippen MR) is 142 cm³/mol. The summed E-state index contributed by atoms with van der Waals surface area (Å²) in [5, 5.41) is 2.71. The molecule has 0 aliphatic carbocycles. The molecule has 0 atom stereocenters. The molecule has 6 nitrogen and oxygen atoms in total. The number of urea groups is 1. The van der Waals surface area contributed by atoms with Crippen LogP contribution in [0, 0.1) is 13.8 Å². The number of amides is 4. The van der Waals surface area contributed by atoms with Gasteiger partial charge in [-0.05, 0) is 93.6 Å². The summed E-state index contributed by atoms with van der Waals surface area (Å²) in [6.07, 6.45) is 4.67. The number of allylic oxidation sites excluding steroid dienone is 1. The first-order valence-corrected chi connectivity index (χ1v) is 12.1. The quantitative estimate of drug-likeness (QED) is 0.418. The zero-order valence-electron chi connectivity index (χ0n) is 21.0. The van der Waals surface area contributed by atoms with E-state index >= 15 is 0 Å². The molecule has 4 amide bonds. The molecule has 2 heterocycles. The van der Waals surface area contributed by atoms with Crippen LogP contribution in [0.15, 0.2) is 42.0 Å². The molecule has 1 fully saturated rings. The van der Waals surface area contributed by atoms with Crippen molar-refractivity contribution in [2.75, 3.05) is 16.3 Å². The lowest BCUT2D eigenvalue weighted by Gasteiger charge is -2.43. The van der Waals surface area contributed by atoms with Gasteiger partial charge in [0.15, 0.2) is 0 Å². The van der Waals surface area contributed by atoms with Crippen LogP contribution in [0.4, 0.5) is 16.2 Å². The van der Waals surface area contributed by atoms with Crippen LogP contribution in [0.25, 0.3) is 11.6 Å². The SMILES string of the molecule is CCCN1c2cc(Cl)c(/C=C3/C(=O)NC(=O)N(c4ccc(C)c(C)c4)C3=O)cc2C(C)=CC1(C)C. The molecule has 2 aliphatic heterocycles. The van der Waals surface area contributed by atoms with E-state index in [4.69, 9.17) is 11.6 Å². The van der Waals surface area contributed by atoms with Gasteiger partial charge in [-0.2, -0.15) is 0 Å². The highest BCUT2D eigenvalue weighted by atomic mass is 35.5. The molecular formula is C28H30ClN3O3. The number of aryl methyl sites for hydroxylation is 2. The molecule has 0 saturated carbocycles. The number of nitrogens with zero attached hydrogens (tertiary/aromatic N) is 2. The summed E-state index contributed by atoms with van der Waals surface area (Å²) in [4.78, 5) is 41.9. The fourth-order valence-corrected chi connectivity index (χ4v) is 4.98. The molecule has 35 heavy (non-hydrogen) atoms. The number of fused-ring (bicyclic) bond motifs is 1. The third-order valence-electron chi connectivity index (χ3n) is 6.69. The molecule has 0 bridgehead atoms. The Labute approximate surface area is 211 Å². The molecule has 2 aliphatic rings. The second-order valence-electron chi connectivity index (χ2n) is 9.75.